The van der Waals surface area contributed by atoms with Crippen molar-refractivity contribution in [2.24, 2.45) is 0 Å². The molecule has 0 amide bonds. The van der Waals surface area contributed by atoms with E-state index >= 15 is 0 Å². The zero-order chi connectivity index (χ0) is 18.0. The topological polar surface area (TPSA) is 43.8 Å². The third-order valence-corrected chi connectivity index (χ3v) is 6.10. The number of halogens is 2. The van der Waals surface area contributed by atoms with Crippen molar-refractivity contribution < 1.29 is 9.90 Å². The molecule has 25 heavy (non-hydrogen) atoms. The summed E-state index contributed by atoms with van der Waals surface area (Å²) >= 11 is 12.0. The highest BCUT2D eigenvalue weighted by Crippen LogP contribution is 2.31. The Kier molecular flexibility index (Phi) is 6.07. The Morgan fingerprint density at radius 3 is 2.60 bits per heavy atom. The van der Waals surface area contributed by atoms with Crippen LogP contribution < -0.4 is 0 Å². The predicted octanol–water partition coefficient (Wildman–Crippen LogP) is 3.37. The number of likely N-dealkylation sites (tertiary alicyclic amines) is 2. The lowest BCUT2D eigenvalue weighted by molar-refractivity contribution is -0.129. The van der Waals surface area contributed by atoms with E-state index in [1.807, 2.05) is 6.07 Å². The van der Waals surface area contributed by atoms with Gasteiger partial charge in [0.25, 0.3) is 0 Å². The zero-order valence-electron chi connectivity index (χ0n) is 14.7. The number of nitrogens with zero attached hydrogens (tertiary/aromatic N) is 2. The van der Waals surface area contributed by atoms with Crippen LogP contribution in [0.2, 0.25) is 10.0 Å². The number of Topliss-reactive ketones (excluding diaryl/α,β-unsaturated/α-hetero) is 1. The van der Waals surface area contributed by atoms with Gasteiger partial charge in [0, 0.05) is 13.0 Å². The van der Waals surface area contributed by atoms with Gasteiger partial charge < -0.3 is 5.11 Å². The van der Waals surface area contributed by atoms with Gasteiger partial charge in [-0.05, 0) is 57.0 Å². The van der Waals surface area contributed by atoms with E-state index in [-0.39, 0.29) is 12.2 Å². The van der Waals surface area contributed by atoms with Crippen molar-refractivity contribution in [3.63, 3.8) is 0 Å². The van der Waals surface area contributed by atoms with Crippen LogP contribution in [0.5, 0.6) is 0 Å². The fourth-order valence-corrected chi connectivity index (χ4v) is 4.36. The van der Waals surface area contributed by atoms with Gasteiger partial charge in [-0.2, -0.15) is 0 Å². The number of carbonyl (C=O) groups excluding carboxylic acids is 1. The van der Waals surface area contributed by atoms with Gasteiger partial charge in [-0.25, -0.2) is 0 Å². The molecule has 1 N–H and O–H groups in total. The number of piperidine rings is 1. The Balaban J connectivity index is 1.70. The highest BCUT2D eigenvalue weighted by molar-refractivity contribution is 6.42. The number of carbonyl (C=O) groups is 1. The first-order valence-corrected chi connectivity index (χ1v) is 9.78. The summed E-state index contributed by atoms with van der Waals surface area (Å²) in [5, 5.41) is 11.7. The van der Waals surface area contributed by atoms with E-state index in [0.717, 1.165) is 31.9 Å². The molecule has 4 nitrogen and oxygen atoms in total. The van der Waals surface area contributed by atoms with Gasteiger partial charge in [0.05, 0.1) is 28.4 Å². The summed E-state index contributed by atoms with van der Waals surface area (Å²) in [6, 6.07) is 4.81. The van der Waals surface area contributed by atoms with E-state index in [1.54, 1.807) is 19.1 Å². The van der Waals surface area contributed by atoms with Gasteiger partial charge >= 0.3 is 0 Å². The molecule has 2 saturated heterocycles. The van der Waals surface area contributed by atoms with Crippen LogP contribution in [0.25, 0.3) is 0 Å². The van der Waals surface area contributed by atoms with Crippen LogP contribution in [0.15, 0.2) is 18.2 Å². The van der Waals surface area contributed by atoms with Gasteiger partial charge in [-0.3, -0.25) is 14.6 Å². The Hall–Kier alpha value is -0.650. The summed E-state index contributed by atoms with van der Waals surface area (Å²) in [5.41, 5.74) is -0.150. The molecule has 138 valence electrons. The molecular formula is C19H26Cl2N2O2. The van der Waals surface area contributed by atoms with E-state index in [4.69, 9.17) is 23.2 Å². The largest absolute Gasteiger partial charge is 0.388 e. The van der Waals surface area contributed by atoms with E-state index in [9.17, 15) is 9.90 Å². The molecule has 2 heterocycles. The van der Waals surface area contributed by atoms with Gasteiger partial charge in [0.1, 0.15) is 0 Å². The third-order valence-electron chi connectivity index (χ3n) is 5.36. The number of hydrogen-bond acceptors (Lipinski definition) is 4. The number of benzene rings is 1. The molecule has 1 aromatic carbocycles. The molecule has 6 heteroatoms. The normalized spacial score (nSPS) is 28.4. The minimum atomic E-state index is -0.983. The molecule has 0 aromatic heterocycles. The summed E-state index contributed by atoms with van der Waals surface area (Å²) in [6.07, 6.45) is 4.60. The van der Waals surface area contributed by atoms with Crippen LogP contribution in [0.1, 0.15) is 38.2 Å². The van der Waals surface area contributed by atoms with E-state index in [2.05, 4.69) is 9.80 Å². The smallest absolute Gasteiger partial charge is 0.157 e. The highest BCUT2D eigenvalue weighted by Gasteiger charge is 2.46. The molecule has 2 fully saturated rings. The summed E-state index contributed by atoms with van der Waals surface area (Å²) in [4.78, 5) is 17.5. The van der Waals surface area contributed by atoms with Crippen molar-refractivity contribution in [1.29, 1.82) is 0 Å². The van der Waals surface area contributed by atoms with Crippen LogP contribution in [0.4, 0.5) is 0 Å². The van der Waals surface area contributed by atoms with E-state index in [0.29, 0.717) is 16.5 Å². The summed E-state index contributed by atoms with van der Waals surface area (Å²) < 4.78 is 0. The Bertz CT molecular complexity index is 630. The molecule has 3 rings (SSSR count). The lowest BCUT2D eigenvalue weighted by Crippen LogP contribution is -2.52. The van der Waals surface area contributed by atoms with Crippen LogP contribution >= 0.6 is 23.2 Å². The monoisotopic (exact) mass is 384 g/mol. The maximum absolute atomic E-state index is 13.0. The van der Waals surface area contributed by atoms with Crippen molar-refractivity contribution >= 4 is 29.0 Å². The average molecular weight is 385 g/mol. The SMILES string of the molecule is CC1(O)CCN(CN2CCCCC2)C1C(=O)Cc1ccc(Cl)c(Cl)c1. The number of ketones is 1. The molecule has 2 unspecified atom stereocenters. The van der Waals surface area contributed by atoms with Gasteiger partial charge in [0.2, 0.25) is 0 Å². The zero-order valence-corrected chi connectivity index (χ0v) is 16.2. The summed E-state index contributed by atoms with van der Waals surface area (Å²) in [6.45, 7) is 5.44. The first-order chi connectivity index (χ1) is 11.9. The second-order valence-corrected chi connectivity index (χ2v) is 8.35. The molecule has 0 saturated carbocycles. The van der Waals surface area contributed by atoms with Crippen LogP contribution in [-0.2, 0) is 11.2 Å². The van der Waals surface area contributed by atoms with Crippen LogP contribution in [0, 0.1) is 0 Å². The van der Waals surface area contributed by atoms with Crippen molar-refractivity contribution in [3.8, 4) is 0 Å². The molecular weight excluding hydrogens is 359 g/mol. The Morgan fingerprint density at radius 1 is 1.20 bits per heavy atom. The molecule has 0 radical (unpaired) electrons. The minimum absolute atomic E-state index is 0.0397. The predicted molar refractivity (Wildman–Crippen MR) is 101 cm³/mol. The van der Waals surface area contributed by atoms with Crippen molar-refractivity contribution in [2.75, 3.05) is 26.3 Å². The maximum Gasteiger partial charge on any atom is 0.157 e. The third kappa shape index (κ3) is 4.55. The minimum Gasteiger partial charge on any atom is -0.388 e. The van der Waals surface area contributed by atoms with Crippen molar-refractivity contribution in [2.45, 2.75) is 50.7 Å². The Labute approximate surface area is 159 Å². The fraction of sp³-hybridized carbons (Fsp3) is 0.632. The summed E-state index contributed by atoms with van der Waals surface area (Å²) in [7, 11) is 0. The second-order valence-electron chi connectivity index (χ2n) is 7.53. The Morgan fingerprint density at radius 2 is 1.92 bits per heavy atom. The van der Waals surface area contributed by atoms with Crippen molar-refractivity contribution in [3.05, 3.63) is 33.8 Å². The molecule has 0 bridgehead atoms. The number of hydrogen-bond donors (Lipinski definition) is 1. The molecule has 2 aliphatic rings. The van der Waals surface area contributed by atoms with Crippen molar-refractivity contribution in [1.82, 2.24) is 9.80 Å². The number of rotatable bonds is 5. The van der Waals surface area contributed by atoms with Gasteiger partial charge in [0.15, 0.2) is 5.78 Å². The molecule has 0 aliphatic carbocycles. The standard InChI is InChI=1S/C19H26Cl2N2O2/c1-19(25)7-10-23(13-22-8-3-2-4-9-22)18(19)17(24)12-14-5-6-15(20)16(21)11-14/h5-6,11,18,25H,2-4,7-10,12-13H2,1H3. The fourth-order valence-electron chi connectivity index (χ4n) is 4.04. The van der Waals surface area contributed by atoms with Gasteiger partial charge in [-0.15, -0.1) is 0 Å². The second kappa shape index (κ2) is 7.93. The van der Waals surface area contributed by atoms with Crippen LogP contribution in [-0.4, -0.2) is 58.6 Å². The lowest BCUT2D eigenvalue weighted by Gasteiger charge is -2.35. The molecule has 0 spiro atoms. The van der Waals surface area contributed by atoms with Gasteiger partial charge in [-0.1, -0.05) is 35.7 Å². The summed E-state index contributed by atoms with van der Waals surface area (Å²) in [5.74, 6) is 0.0397. The maximum atomic E-state index is 13.0. The quantitative estimate of drug-likeness (QED) is 0.844. The van der Waals surface area contributed by atoms with E-state index < -0.39 is 11.6 Å². The first kappa shape index (κ1) is 19.1. The first-order valence-electron chi connectivity index (χ1n) is 9.02. The average Bonchev–Trinajstić information content (AvgIpc) is 2.86. The lowest BCUT2D eigenvalue weighted by atomic mass is 9.91. The molecule has 2 atom stereocenters. The van der Waals surface area contributed by atoms with E-state index in [1.165, 1.54) is 19.3 Å². The highest BCUT2D eigenvalue weighted by atomic mass is 35.5. The van der Waals surface area contributed by atoms with Crippen LogP contribution in [0.3, 0.4) is 0 Å². The molecule has 1 aromatic rings. The number of aliphatic hydroxyl groups is 1. The molecule has 2 aliphatic heterocycles.